The van der Waals surface area contributed by atoms with Crippen molar-refractivity contribution in [1.82, 2.24) is 4.98 Å². The van der Waals surface area contributed by atoms with Gasteiger partial charge in [0.1, 0.15) is 5.15 Å². The van der Waals surface area contributed by atoms with Gasteiger partial charge in [-0.15, -0.1) is 11.6 Å². The van der Waals surface area contributed by atoms with Crippen LogP contribution < -0.4 is 0 Å². The molecule has 6 heteroatoms. The first-order chi connectivity index (χ1) is 7.45. The van der Waals surface area contributed by atoms with E-state index in [1.165, 1.54) is 0 Å². The molecule has 0 aromatic carbocycles. The zero-order chi connectivity index (χ0) is 12.2. The molecule has 0 aliphatic carbocycles. The van der Waals surface area contributed by atoms with Gasteiger partial charge in [-0.3, -0.25) is 0 Å². The SMILES string of the molecule is FC(F)(F)c1cnc(Cl)c(C#CCCCl)c1. The van der Waals surface area contributed by atoms with Gasteiger partial charge in [0.15, 0.2) is 0 Å². The van der Waals surface area contributed by atoms with Crippen LogP contribution in [0.2, 0.25) is 5.15 Å². The molecule has 0 saturated carbocycles. The standard InChI is InChI=1S/C10H6Cl2F3N/c11-4-2-1-3-7-5-8(10(13,14)15)6-16-9(7)12/h5-6H,2,4H2. The Morgan fingerprint density at radius 1 is 1.38 bits per heavy atom. The highest BCUT2D eigenvalue weighted by Gasteiger charge is 2.31. The molecule has 0 spiro atoms. The summed E-state index contributed by atoms with van der Waals surface area (Å²) in [6.07, 6.45) is -3.39. The molecule has 0 fully saturated rings. The molecule has 0 atom stereocenters. The van der Waals surface area contributed by atoms with Gasteiger partial charge in [0.2, 0.25) is 0 Å². The van der Waals surface area contributed by atoms with E-state index in [0.29, 0.717) is 18.5 Å². The third kappa shape index (κ3) is 3.58. The lowest BCUT2D eigenvalue weighted by atomic mass is 10.2. The molecule has 1 rings (SSSR count). The van der Waals surface area contributed by atoms with E-state index in [-0.39, 0.29) is 10.7 Å². The van der Waals surface area contributed by atoms with Gasteiger partial charge in [-0.25, -0.2) is 4.98 Å². The summed E-state index contributed by atoms with van der Waals surface area (Å²) in [5.41, 5.74) is -0.811. The second-order valence-electron chi connectivity index (χ2n) is 2.80. The average molecular weight is 268 g/mol. The van der Waals surface area contributed by atoms with E-state index in [9.17, 15) is 13.2 Å². The molecule has 0 bridgehead atoms. The first-order valence-corrected chi connectivity index (χ1v) is 5.14. The lowest BCUT2D eigenvalue weighted by molar-refractivity contribution is -0.137. The predicted octanol–water partition coefficient (Wildman–Crippen LogP) is 3.73. The number of alkyl halides is 4. The van der Waals surface area contributed by atoms with E-state index < -0.39 is 11.7 Å². The van der Waals surface area contributed by atoms with E-state index in [0.717, 1.165) is 6.07 Å². The Labute approximate surface area is 101 Å². The van der Waals surface area contributed by atoms with E-state index in [2.05, 4.69) is 16.8 Å². The van der Waals surface area contributed by atoms with Gasteiger partial charge < -0.3 is 0 Å². The van der Waals surface area contributed by atoms with Crippen LogP contribution in [0.25, 0.3) is 0 Å². The second-order valence-corrected chi connectivity index (χ2v) is 3.54. The lowest BCUT2D eigenvalue weighted by Gasteiger charge is -2.06. The van der Waals surface area contributed by atoms with Crippen molar-refractivity contribution in [3.05, 3.63) is 28.5 Å². The highest BCUT2D eigenvalue weighted by atomic mass is 35.5. The van der Waals surface area contributed by atoms with Crippen LogP contribution in [0.4, 0.5) is 13.2 Å². The summed E-state index contributed by atoms with van der Waals surface area (Å²) in [5.74, 6) is 5.41. The van der Waals surface area contributed by atoms with E-state index in [4.69, 9.17) is 23.2 Å². The maximum atomic E-state index is 12.3. The first-order valence-electron chi connectivity index (χ1n) is 4.22. The Hall–Kier alpha value is -0.920. The fourth-order valence-corrected chi connectivity index (χ4v) is 1.14. The molecular formula is C10H6Cl2F3N. The van der Waals surface area contributed by atoms with Crippen LogP contribution in [-0.2, 0) is 6.18 Å². The van der Waals surface area contributed by atoms with E-state index >= 15 is 0 Å². The van der Waals surface area contributed by atoms with Crippen LogP contribution in [0.5, 0.6) is 0 Å². The zero-order valence-electron chi connectivity index (χ0n) is 7.91. The molecule has 0 aliphatic rings. The van der Waals surface area contributed by atoms with E-state index in [1.54, 1.807) is 0 Å². The average Bonchev–Trinajstić information content (AvgIpc) is 2.19. The number of pyridine rings is 1. The van der Waals surface area contributed by atoms with Gasteiger partial charge in [0, 0.05) is 18.5 Å². The molecular weight excluding hydrogens is 262 g/mol. The molecule has 0 unspecified atom stereocenters. The van der Waals surface area contributed by atoms with Gasteiger partial charge in [-0.05, 0) is 6.07 Å². The van der Waals surface area contributed by atoms with Gasteiger partial charge in [0.05, 0.1) is 11.1 Å². The number of aromatic nitrogens is 1. The minimum absolute atomic E-state index is 0.0462. The Bertz CT molecular complexity index is 432. The lowest BCUT2D eigenvalue weighted by Crippen LogP contribution is -2.06. The summed E-state index contributed by atoms with van der Waals surface area (Å²) < 4.78 is 37.0. The Kier molecular flexibility index (Phi) is 4.45. The summed E-state index contributed by atoms with van der Waals surface area (Å²) in [6, 6.07) is 0.872. The quantitative estimate of drug-likeness (QED) is 0.429. The smallest absolute Gasteiger partial charge is 0.243 e. The molecule has 0 saturated heterocycles. The van der Waals surface area contributed by atoms with Gasteiger partial charge in [0.25, 0.3) is 0 Å². The van der Waals surface area contributed by atoms with Crippen LogP contribution >= 0.6 is 23.2 Å². The van der Waals surface area contributed by atoms with Crippen molar-refractivity contribution >= 4 is 23.2 Å². The number of halogens is 5. The molecule has 86 valence electrons. The molecule has 0 aliphatic heterocycles. The molecule has 1 nitrogen and oxygen atoms in total. The minimum Gasteiger partial charge on any atom is -0.243 e. The van der Waals surface area contributed by atoms with Crippen molar-refractivity contribution in [2.24, 2.45) is 0 Å². The third-order valence-corrected chi connectivity index (χ3v) is 2.10. The number of hydrogen-bond donors (Lipinski definition) is 0. The molecule has 1 heterocycles. The predicted molar refractivity (Wildman–Crippen MR) is 56.5 cm³/mol. The van der Waals surface area contributed by atoms with Crippen LogP contribution in [0.1, 0.15) is 17.5 Å². The second kappa shape index (κ2) is 5.42. The fourth-order valence-electron chi connectivity index (χ4n) is 0.896. The van der Waals surface area contributed by atoms with Crippen LogP contribution in [-0.4, -0.2) is 10.9 Å². The highest BCUT2D eigenvalue weighted by Crippen LogP contribution is 2.30. The Morgan fingerprint density at radius 2 is 2.06 bits per heavy atom. The summed E-state index contributed by atoms with van der Waals surface area (Å²) in [7, 11) is 0. The Morgan fingerprint density at radius 3 is 2.62 bits per heavy atom. The maximum absolute atomic E-state index is 12.3. The summed E-state index contributed by atoms with van der Waals surface area (Å²) >= 11 is 11.0. The Balaban J connectivity index is 3.06. The zero-order valence-corrected chi connectivity index (χ0v) is 9.42. The normalized spacial score (nSPS) is 10.8. The third-order valence-electron chi connectivity index (χ3n) is 1.61. The fraction of sp³-hybridized carbons (Fsp3) is 0.300. The molecule has 1 aromatic heterocycles. The van der Waals surface area contributed by atoms with Crippen molar-refractivity contribution < 1.29 is 13.2 Å². The summed E-state index contributed by atoms with van der Waals surface area (Å²) in [4.78, 5) is 3.43. The molecule has 0 amide bonds. The maximum Gasteiger partial charge on any atom is 0.417 e. The van der Waals surface area contributed by atoms with Gasteiger partial charge in [-0.1, -0.05) is 23.4 Å². The number of rotatable bonds is 1. The number of hydrogen-bond acceptors (Lipinski definition) is 1. The topological polar surface area (TPSA) is 12.9 Å². The van der Waals surface area contributed by atoms with Crippen LogP contribution in [0, 0.1) is 11.8 Å². The summed E-state index contributed by atoms with van der Waals surface area (Å²) in [5, 5.41) is -0.0462. The van der Waals surface area contributed by atoms with Gasteiger partial charge >= 0.3 is 6.18 Å². The van der Waals surface area contributed by atoms with Crippen molar-refractivity contribution in [2.45, 2.75) is 12.6 Å². The van der Waals surface area contributed by atoms with Crippen molar-refractivity contribution in [1.29, 1.82) is 0 Å². The van der Waals surface area contributed by atoms with E-state index in [1.807, 2.05) is 0 Å². The van der Waals surface area contributed by atoms with Gasteiger partial charge in [-0.2, -0.15) is 13.2 Å². The van der Waals surface area contributed by atoms with Crippen LogP contribution in [0.3, 0.4) is 0 Å². The molecule has 1 aromatic rings. The van der Waals surface area contributed by atoms with Crippen molar-refractivity contribution in [3.63, 3.8) is 0 Å². The monoisotopic (exact) mass is 267 g/mol. The van der Waals surface area contributed by atoms with Crippen molar-refractivity contribution in [3.8, 4) is 11.8 Å². The van der Waals surface area contributed by atoms with Crippen molar-refractivity contribution in [2.75, 3.05) is 5.88 Å². The minimum atomic E-state index is -4.44. The highest BCUT2D eigenvalue weighted by molar-refractivity contribution is 6.30. The molecule has 0 radical (unpaired) electrons. The summed E-state index contributed by atoms with van der Waals surface area (Å²) in [6.45, 7) is 0. The first kappa shape index (κ1) is 13.1. The largest absolute Gasteiger partial charge is 0.417 e. The molecule has 16 heavy (non-hydrogen) atoms. The van der Waals surface area contributed by atoms with Crippen LogP contribution in [0.15, 0.2) is 12.3 Å². The number of nitrogens with zero attached hydrogens (tertiary/aromatic N) is 1. The molecule has 0 N–H and O–H groups in total.